The van der Waals surface area contributed by atoms with E-state index in [-0.39, 0.29) is 6.10 Å². The van der Waals surface area contributed by atoms with Crippen LogP contribution in [0.1, 0.15) is 42.5 Å². The van der Waals surface area contributed by atoms with Crippen molar-refractivity contribution >= 4 is 39.0 Å². The van der Waals surface area contributed by atoms with Crippen LogP contribution in [-0.2, 0) is 12.8 Å². The average Bonchev–Trinajstić information content (AvgIpc) is 3.01. The first-order chi connectivity index (χ1) is 10.2. The lowest BCUT2D eigenvalue weighted by molar-refractivity contribution is 0.126. The zero-order chi connectivity index (χ0) is 14.4. The topological polar surface area (TPSA) is 58.0 Å². The Morgan fingerprint density at radius 1 is 1.14 bits per heavy atom. The summed E-state index contributed by atoms with van der Waals surface area (Å²) in [6.07, 6.45) is 7.06. The van der Waals surface area contributed by atoms with Gasteiger partial charge >= 0.3 is 0 Å². The first-order valence-electron chi connectivity index (χ1n) is 7.63. The van der Waals surface area contributed by atoms with Gasteiger partial charge in [-0.3, -0.25) is 0 Å². The minimum absolute atomic E-state index is 0.137. The number of aliphatic hydroxyl groups is 1. The number of thiophene rings is 1. The fourth-order valence-corrected chi connectivity index (χ4v) is 4.97. The van der Waals surface area contributed by atoms with Crippen molar-refractivity contribution < 1.29 is 5.11 Å². The molecule has 2 aromatic heterocycles. The number of aliphatic hydroxyl groups excluding tert-OH is 1. The van der Waals surface area contributed by atoms with Crippen LogP contribution in [-0.4, -0.2) is 27.2 Å². The molecule has 2 aliphatic carbocycles. The third-order valence-corrected chi connectivity index (χ3v) is 5.93. The third kappa shape index (κ3) is 2.51. The lowest BCUT2D eigenvalue weighted by atomic mass is 9.93. The minimum atomic E-state index is -0.137. The first-order valence-corrected chi connectivity index (χ1v) is 8.82. The van der Waals surface area contributed by atoms with Gasteiger partial charge < -0.3 is 10.4 Å². The molecule has 4 rings (SSSR count). The third-order valence-electron chi connectivity index (χ3n) is 4.57. The molecule has 0 bridgehead atoms. The van der Waals surface area contributed by atoms with Gasteiger partial charge in [-0.05, 0) is 62.1 Å². The van der Waals surface area contributed by atoms with Crippen molar-refractivity contribution in [2.24, 2.45) is 0 Å². The quantitative estimate of drug-likeness (QED) is 0.830. The highest BCUT2D eigenvalue weighted by Crippen LogP contribution is 2.40. The molecule has 0 radical (unpaired) electrons. The van der Waals surface area contributed by atoms with E-state index >= 15 is 0 Å². The Morgan fingerprint density at radius 3 is 2.76 bits per heavy atom. The summed E-state index contributed by atoms with van der Waals surface area (Å²) in [6.45, 7) is 0. The lowest BCUT2D eigenvalue weighted by Gasteiger charge is -2.26. The zero-order valence-electron chi connectivity index (χ0n) is 11.7. The smallest absolute Gasteiger partial charge is 0.225 e. The van der Waals surface area contributed by atoms with Crippen molar-refractivity contribution in [1.29, 1.82) is 0 Å². The van der Waals surface area contributed by atoms with Gasteiger partial charge in [0.05, 0.1) is 11.5 Å². The molecule has 2 aliphatic rings. The number of nitrogens with one attached hydrogen (secondary N) is 1. The van der Waals surface area contributed by atoms with Crippen LogP contribution in [0.3, 0.4) is 0 Å². The van der Waals surface area contributed by atoms with Gasteiger partial charge in [0.1, 0.15) is 10.6 Å². The molecule has 0 unspecified atom stereocenters. The highest BCUT2D eigenvalue weighted by molar-refractivity contribution is 7.19. The average molecular weight is 324 g/mol. The summed E-state index contributed by atoms with van der Waals surface area (Å²) in [5.41, 5.74) is 1.42. The second-order valence-electron chi connectivity index (χ2n) is 6.03. The van der Waals surface area contributed by atoms with E-state index in [0.29, 0.717) is 11.3 Å². The Bertz CT molecular complexity index is 679. The molecule has 1 fully saturated rings. The maximum Gasteiger partial charge on any atom is 0.225 e. The molecule has 6 heteroatoms. The fraction of sp³-hybridized carbons (Fsp3) is 0.600. The number of halogens is 1. The van der Waals surface area contributed by atoms with E-state index in [9.17, 15) is 5.11 Å². The maximum absolute atomic E-state index is 9.63. The molecule has 21 heavy (non-hydrogen) atoms. The second-order valence-corrected chi connectivity index (χ2v) is 7.45. The number of hydrogen-bond donors (Lipinski definition) is 2. The highest BCUT2D eigenvalue weighted by atomic mass is 35.5. The lowest BCUT2D eigenvalue weighted by Crippen LogP contribution is -2.28. The summed E-state index contributed by atoms with van der Waals surface area (Å²) in [5.74, 6) is 0.894. The first kappa shape index (κ1) is 13.7. The number of aryl methyl sites for hydroxylation is 2. The van der Waals surface area contributed by atoms with Crippen LogP contribution in [0.25, 0.3) is 10.2 Å². The highest BCUT2D eigenvalue weighted by Gasteiger charge is 2.25. The van der Waals surface area contributed by atoms with Crippen molar-refractivity contribution in [3.63, 3.8) is 0 Å². The molecule has 0 aromatic carbocycles. The van der Waals surface area contributed by atoms with Gasteiger partial charge in [0, 0.05) is 10.9 Å². The number of fused-ring (bicyclic) bond motifs is 3. The molecule has 2 heterocycles. The SMILES string of the molecule is OC1CCC(Nc2nc(Cl)nc3sc4c(c23)CCC4)CC1. The monoisotopic (exact) mass is 323 g/mol. The van der Waals surface area contributed by atoms with Crippen molar-refractivity contribution in [3.8, 4) is 0 Å². The molecule has 2 N–H and O–H groups in total. The van der Waals surface area contributed by atoms with E-state index in [1.165, 1.54) is 22.2 Å². The summed E-state index contributed by atoms with van der Waals surface area (Å²) < 4.78 is 0. The van der Waals surface area contributed by atoms with E-state index in [2.05, 4.69) is 15.3 Å². The van der Waals surface area contributed by atoms with Crippen LogP contribution in [0.5, 0.6) is 0 Å². The number of anilines is 1. The second kappa shape index (κ2) is 5.38. The normalized spacial score (nSPS) is 25.2. The van der Waals surface area contributed by atoms with Crippen molar-refractivity contribution in [3.05, 3.63) is 15.7 Å². The van der Waals surface area contributed by atoms with Gasteiger partial charge in [-0.2, -0.15) is 0 Å². The largest absolute Gasteiger partial charge is 0.393 e. The van der Waals surface area contributed by atoms with Crippen molar-refractivity contribution in [2.75, 3.05) is 5.32 Å². The number of nitrogens with zero attached hydrogens (tertiary/aromatic N) is 2. The van der Waals surface area contributed by atoms with Crippen LogP contribution >= 0.6 is 22.9 Å². The minimum Gasteiger partial charge on any atom is -0.393 e. The summed E-state index contributed by atoms with van der Waals surface area (Å²) >= 11 is 7.85. The van der Waals surface area contributed by atoms with Crippen LogP contribution in [0, 0.1) is 0 Å². The van der Waals surface area contributed by atoms with Crippen LogP contribution in [0.2, 0.25) is 5.28 Å². The van der Waals surface area contributed by atoms with Gasteiger partial charge in [-0.25, -0.2) is 9.97 Å². The number of rotatable bonds is 2. The molecule has 0 atom stereocenters. The van der Waals surface area contributed by atoms with Crippen LogP contribution < -0.4 is 5.32 Å². The zero-order valence-corrected chi connectivity index (χ0v) is 13.3. The van der Waals surface area contributed by atoms with Crippen LogP contribution in [0.4, 0.5) is 5.82 Å². The van der Waals surface area contributed by atoms with Gasteiger partial charge in [0.15, 0.2) is 0 Å². The van der Waals surface area contributed by atoms with Crippen molar-refractivity contribution in [1.82, 2.24) is 9.97 Å². The molecule has 0 spiro atoms. The Labute approximate surface area is 132 Å². The summed E-state index contributed by atoms with van der Waals surface area (Å²) in [6, 6.07) is 0.375. The molecule has 112 valence electrons. The molecule has 0 saturated heterocycles. The molecule has 0 amide bonds. The molecular formula is C15H18ClN3OS. The molecule has 2 aromatic rings. The predicted octanol–water partition coefficient (Wildman–Crippen LogP) is 3.55. The number of aromatic nitrogens is 2. The Morgan fingerprint density at radius 2 is 1.95 bits per heavy atom. The Balaban J connectivity index is 1.70. The Kier molecular flexibility index (Phi) is 3.52. The van der Waals surface area contributed by atoms with Gasteiger partial charge in [-0.15, -0.1) is 11.3 Å². The van der Waals surface area contributed by atoms with Crippen LogP contribution in [0.15, 0.2) is 0 Å². The summed E-state index contributed by atoms with van der Waals surface area (Å²) in [5, 5.41) is 14.7. The van der Waals surface area contributed by atoms with E-state index in [0.717, 1.165) is 49.2 Å². The van der Waals surface area contributed by atoms with E-state index in [1.54, 1.807) is 11.3 Å². The van der Waals surface area contributed by atoms with E-state index < -0.39 is 0 Å². The van der Waals surface area contributed by atoms with Gasteiger partial charge in [0.2, 0.25) is 5.28 Å². The van der Waals surface area contributed by atoms with E-state index in [1.807, 2.05) is 0 Å². The maximum atomic E-state index is 9.63. The molecule has 1 saturated carbocycles. The predicted molar refractivity (Wildman–Crippen MR) is 86.3 cm³/mol. The number of hydrogen-bond acceptors (Lipinski definition) is 5. The fourth-order valence-electron chi connectivity index (χ4n) is 3.49. The molecular weight excluding hydrogens is 306 g/mol. The molecule has 0 aliphatic heterocycles. The summed E-state index contributed by atoms with van der Waals surface area (Å²) in [7, 11) is 0. The van der Waals surface area contributed by atoms with Gasteiger partial charge in [-0.1, -0.05) is 0 Å². The molecule has 4 nitrogen and oxygen atoms in total. The van der Waals surface area contributed by atoms with Crippen molar-refractivity contribution in [2.45, 2.75) is 57.1 Å². The van der Waals surface area contributed by atoms with E-state index in [4.69, 9.17) is 11.6 Å². The standard InChI is InChI=1S/C15H18ClN3OS/c16-15-18-13(17-8-4-6-9(20)7-5-8)12-10-2-1-3-11(10)21-14(12)19-15/h8-9,20H,1-7H2,(H,17,18,19). The van der Waals surface area contributed by atoms with Gasteiger partial charge in [0.25, 0.3) is 0 Å². The summed E-state index contributed by atoms with van der Waals surface area (Å²) in [4.78, 5) is 11.3. The Hall–Kier alpha value is -0.910.